The van der Waals surface area contributed by atoms with Crippen LogP contribution in [-0.2, 0) is 21.7 Å². The fourth-order valence-corrected chi connectivity index (χ4v) is 12.3. The van der Waals surface area contributed by atoms with Gasteiger partial charge >= 0.3 is 0 Å². The van der Waals surface area contributed by atoms with E-state index in [9.17, 15) is 0 Å². The van der Waals surface area contributed by atoms with Crippen LogP contribution in [0.15, 0.2) is 160 Å². The standard InChI is InChI=1S/C64H61NO3/c1-59(2)46-28-24-38(32-48(46)61(5,6)63(59,9)10)44-20-17-21-45(39-25-29-47-49(33-39)62(7,8)64(11,12)60(47,3)4)58(44)65-50-30-26-42(54-34-40-18-13-15-22-52(40)66-54)36-56(50)68-57-37-43(27-31-51(57)65)55-35-41-19-14-16-23-53(41)67-55/h13-37H,1-12H3. The van der Waals surface area contributed by atoms with E-state index in [-0.39, 0.29) is 32.5 Å². The predicted molar refractivity (Wildman–Crippen MR) is 282 cm³/mol. The lowest BCUT2D eigenvalue weighted by Gasteiger charge is -2.44. The summed E-state index contributed by atoms with van der Waals surface area (Å²) < 4.78 is 20.1. The van der Waals surface area contributed by atoms with Gasteiger partial charge < -0.3 is 18.5 Å². The van der Waals surface area contributed by atoms with Gasteiger partial charge in [-0.25, -0.2) is 0 Å². The number of ether oxygens (including phenoxy) is 1. The topological polar surface area (TPSA) is 38.8 Å². The van der Waals surface area contributed by atoms with Crippen molar-refractivity contribution in [2.24, 2.45) is 10.8 Å². The van der Waals surface area contributed by atoms with Crippen molar-refractivity contribution in [2.75, 3.05) is 4.90 Å². The van der Waals surface area contributed by atoms with E-state index in [2.05, 4.69) is 215 Å². The molecule has 12 rings (SSSR count). The molecule has 68 heavy (non-hydrogen) atoms. The number of para-hydroxylation sites is 3. The molecule has 2 aromatic heterocycles. The van der Waals surface area contributed by atoms with Gasteiger partial charge in [-0.05, 0) is 127 Å². The fourth-order valence-electron chi connectivity index (χ4n) is 12.3. The Bertz CT molecular complexity index is 3270. The van der Waals surface area contributed by atoms with Gasteiger partial charge in [0.1, 0.15) is 22.7 Å². The Kier molecular flexibility index (Phi) is 8.71. The quantitative estimate of drug-likeness (QED) is 0.173. The minimum atomic E-state index is -0.0664. The van der Waals surface area contributed by atoms with Gasteiger partial charge in [0.05, 0.1) is 17.1 Å². The first-order chi connectivity index (χ1) is 32.2. The van der Waals surface area contributed by atoms with Crippen LogP contribution in [0.3, 0.4) is 0 Å². The van der Waals surface area contributed by atoms with E-state index in [0.717, 1.165) is 84.3 Å². The fraction of sp³-hybridized carbons (Fsp3) is 0.281. The smallest absolute Gasteiger partial charge is 0.152 e. The normalized spacial score (nSPS) is 18.5. The van der Waals surface area contributed by atoms with Gasteiger partial charge in [-0.3, -0.25) is 0 Å². The predicted octanol–water partition coefficient (Wildman–Crippen LogP) is 18.6. The highest BCUT2D eigenvalue weighted by Gasteiger charge is 2.58. The van der Waals surface area contributed by atoms with E-state index in [1.54, 1.807) is 0 Å². The molecule has 0 saturated carbocycles. The molecule has 3 heterocycles. The molecule has 1 aliphatic heterocycles. The zero-order valence-electron chi connectivity index (χ0n) is 41.6. The van der Waals surface area contributed by atoms with Crippen molar-refractivity contribution in [3.05, 3.63) is 174 Å². The van der Waals surface area contributed by atoms with Crippen LogP contribution >= 0.6 is 0 Å². The molecule has 0 unspecified atom stereocenters. The Balaban J connectivity index is 1.13. The van der Waals surface area contributed by atoms with E-state index < -0.39 is 0 Å². The maximum atomic E-state index is 7.14. The molecule has 340 valence electrons. The minimum absolute atomic E-state index is 0.00893. The summed E-state index contributed by atoms with van der Waals surface area (Å²) in [5, 5.41) is 2.13. The Labute approximate surface area is 401 Å². The lowest BCUT2D eigenvalue weighted by Crippen LogP contribution is -2.42. The van der Waals surface area contributed by atoms with Crippen LogP contribution in [0, 0.1) is 10.8 Å². The summed E-state index contributed by atoms with van der Waals surface area (Å²) in [6.07, 6.45) is 0. The molecule has 4 heteroatoms. The monoisotopic (exact) mass is 891 g/mol. The number of fused-ring (bicyclic) bond motifs is 6. The molecule has 0 saturated heterocycles. The third-order valence-corrected chi connectivity index (χ3v) is 18.9. The minimum Gasteiger partial charge on any atom is -0.456 e. The van der Waals surface area contributed by atoms with E-state index >= 15 is 0 Å². The Hall–Kier alpha value is -6.78. The molecule has 0 radical (unpaired) electrons. The van der Waals surface area contributed by atoms with Crippen molar-refractivity contribution in [3.63, 3.8) is 0 Å². The van der Waals surface area contributed by atoms with E-state index in [0.29, 0.717) is 0 Å². The van der Waals surface area contributed by atoms with E-state index in [1.807, 2.05) is 24.3 Å². The van der Waals surface area contributed by atoms with Crippen molar-refractivity contribution in [3.8, 4) is 56.4 Å². The summed E-state index contributed by atoms with van der Waals surface area (Å²) in [5.41, 5.74) is 16.9. The third-order valence-electron chi connectivity index (χ3n) is 18.9. The van der Waals surface area contributed by atoms with Crippen LogP contribution in [0.4, 0.5) is 17.1 Å². The molecular formula is C64H61NO3. The van der Waals surface area contributed by atoms with Crippen LogP contribution in [0.1, 0.15) is 105 Å². The van der Waals surface area contributed by atoms with Crippen LogP contribution < -0.4 is 9.64 Å². The average Bonchev–Trinajstić information content (AvgIpc) is 4.01. The molecule has 3 aliphatic rings. The molecular weight excluding hydrogens is 831 g/mol. The number of benzene rings is 7. The second-order valence-corrected chi connectivity index (χ2v) is 23.1. The van der Waals surface area contributed by atoms with Gasteiger partial charge in [0.25, 0.3) is 0 Å². The Morgan fingerprint density at radius 3 is 1.18 bits per heavy atom. The summed E-state index contributed by atoms with van der Waals surface area (Å²) in [7, 11) is 0. The van der Waals surface area contributed by atoms with Crippen molar-refractivity contribution in [2.45, 2.75) is 105 Å². The molecule has 0 N–H and O–H groups in total. The number of hydrogen-bond donors (Lipinski definition) is 0. The second-order valence-electron chi connectivity index (χ2n) is 23.1. The van der Waals surface area contributed by atoms with E-state index in [4.69, 9.17) is 13.6 Å². The third kappa shape index (κ3) is 5.61. The number of furan rings is 2. The molecule has 7 aromatic carbocycles. The zero-order chi connectivity index (χ0) is 47.5. The molecule has 0 fully saturated rings. The largest absolute Gasteiger partial charge is 0.456 e. The number of nitrogens with zero attached hydrogens (tertiary/aromatic N) is 1. The van der Waals surface area contributed by atoms with Crippen LogP contribution in [0.2, 0.25) is 0 Å². The summed E-state index contributed by atoms with van der Waals surface area (Å²) >= 11 is 0. The first-order valence-corrected chi connectivity index (χ1v) is 24.4. The molecule has 2 aliphatic carbocycles. The Morgan fingerprint density at radius 1 is 0.353 bits per heavy atom. The number of anilines is 3. The second kappa shape index (κ2) is 13.9. The highest BCUT2D eigenvalue weighted by molar-refractivity contribution is 6.01. The zero-order valence-corrected chi connectivity index (χ0v) is 41.6. The maximum Gasteiger partial charge on any atom is 0.152 e. The van der Waals surface area contributed by atoms with Crippen LogP contribution in [0.5, 0.6) is 11.5 Å². The summed E-state index contributed by atoms with van der Waals surface area (Å²) in [6.45, 7) is 29.2. The number of hydrogen-bond acceptors (Lipinski definition) is 4. The van der Waals surface area contributed by atoms with Crippen LogP contribution in [-0.4, -0.2) is 0 Å². The molecule has 0 amide bonds. The first-order valence-electron chi connectivity index (χ1n) is 24.4. The van der Waals surface area contributed by atoms with Gasteiger partial charge in [-0.15, -0.1) is 0 Å². The van der Waals surface area contributed by atoms with Gasteiger partial charge in [0.2, 0.25) is 0 Å². The van der Waals surface area contributed by atoms with Gasteiger partial charge in [-0.1, -0.05) is 174 Å². The van der Waals surface area contributed by atoms with E-state index in [1.165, 1.54) is 33.4 Å². The average molecular weight is 892 g/mol. The lowest BCUT2D eigenvalue weighted by atomic mass is 9.59. The van der Waals surface area contributed by atoms with Gasteiger partial charge in [-0.2, -0.15) is 0 Å². The van der Waals surface area contributed by atoms with Gasteiger partial charge in [0.15, 0.2) is 11.5 Å². The van der Waals surface area contributed by atoms with Crippen molar-refractivity contribution in [1.29, 1.82) is 0 Å². The van der Waals surface area contributed by atoms with Crippen molar-refractivity contribution in [1.82, 2.24) is 0 Å². The maximum absolute atomic E-state index is 7.14. The summed E-state index contributed by atoms with van der Waals surface area (Å²) in [5.74, 6) is 3.08. The molecule has 0 spiro atoms. The molecule has 9 aromatic rings. The highest BCUT2D eigenvalue weighted by Crippen LogP contribution is 2.64. The highest BCUT2D eigenvalue weighted by atomic mass is 16.5. The summed E-state index contributed by atoms with van der Waals surface area (Å²) in [4.78, 5) is 2.46. The molecule has 0 atom stereocenters. The molecule has 4 nitrogen and oxygen atoms in total. The summed E-state index contributed by atoms with van der Waals surface area (Å²) in [6, 6.07) is 55.1. The van der Waals surface area contributed by atoms with Gasteiger partial charge in [0, 0.05) is 33.0 Å². The van der Waals surface area contributed by atoms with Crippen molar-refractivity contribution >= 4 is 39.0 Å². The first kappa shape index (κ1) is 42.6. The SMILES string of the molecule is CC1(C)c2ccc(-c3cccc(-c4ccc5c(c4)C(C)(C)C(C)(C)C5(C)C)c3N3c4ccc(-c5cc6ccccc6o5)cc4Oc4cc(-c5cc6ccccc6o5)ccc43)cc2C(C)(C)C1(C)C. The Morgan fingerprint density at radius 2 is 0.750 bits per heavy atom. The lowest BCUT2D eigenvalue weighted by molar-refractivity contribution is 0.125. The molecule has 0 bridgehead atoms. The van der Waals surface area contributed by atoms with Crippen molar-refractivity contribution < 1.29 is 13.6 Å². The van der Waals surface area contributed by atoms with Crippen LogP contribution in [0.25, 0.3) is 66.8 Å². The number of rotatable bonds is 5.